The fraction of sp³-hybridized carbons (Fsp3) is 0.412. The maximum absolute atomic E-state index is 12.1. The van der Waals surface area contributed by atoms with Crippen molar-refractivity contribution in [1.29, 1.82) is 0 Å². The number of aromatic nitrogens is 1. The first-order valence-electron chi connectivity index (χ1n) is 7.99. The van der Waals surface area contributed by atoms with Gasteiger partial charge in [-0.3, -0.25) is 4.99 Å². The number of hydrogen-bond donors (Lipinski definition) is 2. The molecule has 0 spiro atoms. The Balaban J connectivity index is 0.00000364. The highest BCUT2D eigenvalue weighted by atomic mass is 127. The number of thiazole rings is 1. The normalized spacial score (nSPS) is 11.7. The first-order valence-corrected chi connectivity index (χ1v) is 8.80. The van der Waals surface area contributed by atoms with E-state index in [9.17, 15) is 13.2 Å². The van der Waals surface area contributed by atoms with Gasteiger partial charge >= 0.3 is 6.36 Å². The van der Waals surface area contributed by atoms with Gasteiger partial charge in [-0.1, -0.05) is 12.1 Å². The number of nitrogens with zero attached hydrogens (tertiary/aromatic N) is 2. The van der Waals surface area contributed by atoms with Crippen LogP contribution in [0.2, 0.25) is 0 Å². The van der Waals surface area contributed by atoms with E-state index < -0.39 is 6.36 Å². The molecule has 0 unspecified atom stereocenters. The van der Waals surface area contributed by atoms with Crippen LogP contribution in [0, 0.1) is 13.8 Å². The number of rotatable bonds is 6. The molecule has 0 atom stereocenters. The predicted molar refractivity (Wildman–Crippen MR) is 112 cm³/mol. The van der Waals surface area contributed by atoms with E-state index >= 15 is 0 Å². The van der Waals surface area contributed by atoms with Crippen molar-refractivity contribution in [3.63, 3.8) is 0 Å². The standard InChI is InChI=1S/C17H21F3N4OS.HI/c1-11-12(2)26-15(24-11)10-23-16(21-3)22-9-8-13-4-6-14(7-5-13)25-17(18,19)20;/h4-7H,8-10H2,1-3H3,(H2,21,22,23);1H. The maximum Gasteiger partial charge on any atom is 0.573 e. The van der Waals surface area contributed by atoms with Crippen molar-refractivity contribution in [3.8, 4) is 5.75 Å². The summed E-state index contributed by atoms with van der Waals surface area (Å²) in [6.45, 7) is 5.19. The Morgan fingerprint density at radius 1 is 1.19 bits per heavy atom. The first kappa shape index (κ1) is 23.5. The largest absolute Gasteiger partial charge is 0.573 e. The quantitative estimate of drug-likeness (QED) is 0.345. The van der Waals surface area contributed by atoms with Crippen LogP contribution in [0.4, 0.5) is 13.2 Å². The van der Waals surface area contributed by atoms with Gasteiger partial charge in [0.15, 0.2) is 5.96 Å². The summed E-state index contributed by atoms with van der Waals surface area (Å²) < 4.78 is 40.3. The molecule has 1 aromatic carbocycles. The molecule has 0 aliphatic rings. The molecule has 1 aromatic heterocycles. The monoisotopic (exact) mass is 514 g/mol. The second kappa shape index (κ2) is 10.7. The maximum atomic E-state index is 12.1. The summed E-state index contributed by atoms with van der Waals surface area (Å²) in [5, 5.41) is 7.35. The van der Waals surface area contributed by atoms with E-state index in [1.807, 2.05) is 13.8 Å². The van der Waals surface area contributed by atoms with E-state index in [2.05, 4.69) is 25.3 Å². The minimum atomic E-state index is -4.67. The average Bonchev–Trinajstić information content (AvgIpc) is 2.89. The summed E-state index contributed by atoms with van der Waals surface area (Å²) in [5.41, 5.74) is 1.93. The minimum Gasteiger partial charge on any atom is -0.406 e. The van der Waals surface area contributed by atoms with Crippen LogP contribution in [0.5, 0.6) is 5.75 Å². The van der Waals surface area contributed by atoms with Gasteiger partial charge in [0, 0.05) is 18.5 Å². The molecule has 1 heterocycles. The Bertz CT molecular complexity index is 728. The molecule has 0 aliphatic heterocycles. The number of hydrogen-bond acceptors (Lipinski definition) is 4. The number of alkyl halides is 3. The third kappa shape index (κ3) is 8.33. The summed E-state index contributed by atoms with van der Waals surface area (Å²) in [5.74, 6) is 0.424. The zero-order valence-corrected chi connectivity index (χ0v) is 18.3. The van der Waals surface area contributed by atoms with E-state index in [0.717, 1.165) is 16.3 Å². The number of halogens is 4. The van der Waals surface area contributed by atoms with Crippen LogP contribution < -0.4 is 15.4 Å². The number of ether oxygens (including phenoxy) is 1. The van der Waals surface area contributed by atoms with Gasteiger partial charge in [-0.05, 0) is 38.0 Å². The molecule has 2 N–H and O–H groups in total. The number of nitrogens with one attached hydrogen (secondary N) is 2. The smallest absolute Gasteiger partial charge is 0.406 e. The summed E-state index contributed by atoms with van der Waals surface area (Å²) in [6, 6.07) is 5.84. The highest BCUT2D eigenvalue weighted by Crippen LogP contribution is 2.22. The Hall–Kier alpha value is -1.56. The Morgan fingerprint density at radius 3 is 2.37 bits per heavy atom. The van der Waals surface area contributed by atoms with Crippen molar-refractivity contribution in [1.82, 2.24) is 15.6 Å². The van der Waals surface area contributed by atoms with Crippen molar-refractivity contribution in [2.24, 2.45) is 4.99 Å². The second-order valence-corrected chi connectivity index (χ2v) is 6.83. The second-order valence-electron chi connectivity index (χ2n) is 5.54. The lowest BCUT2D eigenvalue weighted by Crippen LogP contribution is -2.37. The number of aryl methyl sites for hydroxylation is 2. The fourth-order valence-electron chi connectivity index (χ4n) is 2.18. The molecule has 10 heteroatoms. The third-order valence-electron chi connectivity index (χ3n) is 3.57. The molecule has 0 amide bonds. The number of benzene rings is 1. The topological polar surface area (TPSA) is 58.5 Å². The van der Waals surface area contributed by atoms with E-state index in [-0.39, 0.29) is 29.7 Å². The highest BCUT2D eigenvalue weighted by Gasteiger charge is 2.30. The summed E-state index contributed by atoms with van der Waals surface area (Å²) >= 11 is 1.64. The Kier molecular flexibility index (Phi) is 9.30. The van der Waals surface area contributed by atoms with Gasteiger partial charge in [-0.25, -0.2) is 4.98 Å². The minimum absolute atomic E-state index is 0. The zero-order valence-electron chi connectivity index (χ0n) is 15.2. The van der Waals surface area contributed by atoms with E-state index in [1.54, 1.807) is 30.5 Å². The lowest BCUT2D eigenvalue weighted by molar-refractivity contribution is -0.274. The molecule has 27 heavy (non-hydrogen) atoms. The van der Waals surface area contributed by atoms with Crippen LogP contribution in [-0.4, -0.2) is 30.9 Å². The lowest BCUT2D eigenvalue weighted by Gasteiger charge is -2.12. The molecule has 2 rings (SSSR count). The highest BCUT2D eigenvalue weighted by molar-refractivity contribution is 14.0. The van der Waals surface area contributed by atoms with Crippen LogP contribution in [-0.2, 0) is 13.0 Å². The third-order valence-corrected chi connectivity index (χ3v) is 4.64. The molecule has 0 aliphatic carbocycles. The van der Waals surface area contributed by atoms with E-state index in [1.165, 1.54) is 17.0 Å². The molecule has 5 nitrogen and oxygen atoms in total. The first-order chi connectivity index (χ1) is 12.3. The molecule has 0 fully saturated rings. The molecule has 150 valence electrons. The molecule has 0 saturated heterocycles. The molecule has 0 radical (unpaired) electrons. The van der Waals surface area contributed by atoms with Gasteiger partial charge < -0.3 is 15.4 Å². The predicted octanol–water partition coefficient (Wildman–Crippen LogP) is 4.18. The van der Waals surface area contributed by atoms with Crippen LogP contribution >= 0.6 is 35.3 Å². The van der Waals surface area contributed by atoms with Crippen LogP contribution in [0.3, 0.4) is 0 Å². The van der Waals surface area contributed by atoms with Crippen molar-refractivity contribution in [2.75, 3.05) is 13.6 Å². The molecular weight excluding hydrogens is 492 g/mol. The van der Waals surface area contributed by atoms with E-state index in [0.29, 0.717) is 25.5 Å². The lowest BCUT2D eigenvalue weighted by atomic mass is 10.1. The molecular formula is C17H22F3IN4OS. The van der Waals surface area contributed by atoms with Crippen LogP contribution in [0.1, 0.15) is 21.1 Å². The van der Waals surface area contributed by atoms with Crippen LogP contribution in [0.25, 0.3) is 0 Å². The molecule has 2 aromatic rings. The average molecular weight is 514 g/mol. The van der Waals surface area contributed by atoms with Crippen LogP contribution in [0.15, 0.2) is 29.3 Å². The van der Waals surface area contributed by atoms with Gasteiger partial charge in [0.1, 0.15) is 10.8 Å². The molecule has 0 bridgehead atoms. The number of guanidine groups is 1. The fourth-order valence-corrected chi connectivity index (χ4v) is 3.05. The SMILES string of the molecule is CN=C(NCCc1ccc(OC(F)(F)F)cc1)NCc1nc(C)c(C)s1.I. The van der Waals surface area contributed by atoms with Gasteiger partial charge in [-0.15, -0.1) is 48.5 Å². The van der Waals surface area contributed by atoms with Crippen molar-refractivity contribution in [2.45, 2.75) is 33.2 Å². The summed E-state index contributed by atoms with van der Waals surface area (Å²) in [4.78, 5) is 9.80. The Labute approximate surface area is 177 Å². The Morgan fingerprint density at radius 2 is 1.85 bits per heavy atom. The number of aliphatic imine (C=N–C) groups is 1. The van der Waals surface area contributed by atoms with Gasteiger partial charge in [0.25, 0.3) is 0 Å². The molecule has 0 saturated carbocycles. The van der Waals surface area contributed by atoms with Gasteiger partial charge in [0.05, 0.1) is 12.2 Å². The van der Waals surface area contributed by atoms with Crippen molar-refractivity contribution < 1.29 is 17.9 Å². The van der Waals surface area contributed by atoms with E-state index in [4.69, 9.17) is 0 Å². The zero-order chi connectivity index (χ0) is 19.2. The summed E-state index contributed by atoms with van der Waals surface area (Å²) in [7, 11) is 1.68. The van der Waals surface area contributed by atoms with Gasteiger partial charge in [-0.2, -0.15) is 0 Å². The van der Waals surface area contributed by atoms with Crippen molar-refractivity contribution in [3.05, 3.63) is 45.4 Å². The van der Waals surface area contributed by atoms with Crippen molar-refractivity contribution >= 4 is 41.3 Å². The van der Waals surface area contributed by atoms with Gasteiger partial charge in [0.2, 0.25) is 0 Å². The summed E-state index contributed by atoms with van der Waals surface area (Å²) in [6.07, 6.45) is -4.03.